The van der Waals surface area contributed by atoms with Crippen LogP contribution in [0.5, 0.6) is 5.75 Å². The summed E-state index contributed by atoms with van der Waals surface area (Å²) in [6.45, 7) is 2.00. The number of aromatic nitrogens is 3. The first kappa shape index (κ1) is 13.2. The second kappa shape index (κ2) is 5.66. The molecule has 0 saturated heterocycles. The smallest absolute Gasteiger partial charge is 0.137 e. The van der Waals surface area contributed by atoms with Crippen LogP contribution in [0.2, 0.25) is 0 Å². The summed E-state index contributed by atoms with van der Waals surface area (Å²) in [5.74, 6) is 1.11. The molecular weight excluding hydrogens is 264 g/mol. The number of anilines is 1. The minimum absolute atomic E-state index is 0.00732. The highest BCUT2D eigenvalue weighted by Crippen LogP contribution is 2.26. The van der Waals surface area contributed by atoms with Crippen molar-refractivity contribution < 1.29 is 5.11 Å². The second-order valence-corrected chi connectivity index (χ2v) is 4.80. The summed E-state index contributed by atoms with van der Waals surface area (Å²) < 4.78 is 1.84. The molecule has 1 aromatic carbocycles. The van der Waals surface area contributed by atoms with E-state index in [4.69, 9.17) is 0 Å². The lowest BCUT2D eigenvalue weighted by Gasteiger charge is -2.16. The van der Waals surface area contributed by atoms with Crippen molar-refractivity contribution in [3.63, 3.8) is 0 Å². The van der Waals surface area contributed by atoms with E-state index >= 15 is 0 Å². The van der Waals surface area contributed by atoms with E-state index in [0.717, 1.165) is 17.1 Å². The number of hydrogen-bond acceptors (Lipinski definition) is 4. The van der Waals surface area contributed by atoms with Crippen molar-refractivity contribution in [3.8, 4) is 11.6 Å². The number of para-hydroxylation sites is 1. The molecule has 2 heterocycles. The van der Waals surface area contributed by atoms with Crippen molar-refractivity contribution in [2.75, 3.05) is 5.32 Å². The average molecular weight is 280 g/mol. The highest BCUT2D eigenvalue weighted by atomic mass is 16.3. The summed E-state index contributed by atoms with van der Waals surface area (Å²) in [7, 11) is 0. The molecule has 0 aliphatic carbocycles. The summed E-state index contributed by atoms with van der Waals surface area (Å²) in [6, 6.07) is 11.2. The van der Waals surface area contributed by atoms with Gasteiger partial charge in [-0.3, -0.25) is 4.57 Å². The molecule has 0 spiro atoms. The molecule has 3 aromatic rings. The van der Waals surface area contributed by atoms with Crippen LogP contribution in [0.25, 0.3) is 5.82 Å². The monoisotopic (exact) mass is 280 g/mol. The van der Waals surface area contributed by atoms with Crippen molar-refractivity contribution in [2.24, 2.45) is 0 Å². The van der Waals surface area contributed by atoms with Gasteiger partial charge in [-0.25, -0.2) is 9.97 Å². The minimum atomic E-state index is -0.00732. The highest BCUT2D eigenvalue weighted by molar-refractivity contribution is 5.47. The van der Waals surface area contributed by atoms with Crippen LogP contribution in [0.1, 0.15) is 18.5 Å². The minimum Gasteiger partial charge on any atom is -0.508 e. The molecule has 5 nitrogen and oxygen atoms in total. The molecular formula is C16H16N4O. The molecule has 0 amide bonds. The van der Waals surface area contributed by atoms with Gasteiger partial charge in [0, 0.05) is 18.0 Å². The Kier molecular flexibility index (Phi) is 3.55. The van der Waals surface area contributed by atoms with Crippen LogP contribution in [0.15, 0.2) is 61.3 Å². The van der Waals surface area contributed by atoms with Crippen LogP contribution in [0.3, 0.4) is 0 Å². The van der Waals surface area contributed by atoms with Gasteiger partial charge in [-0.2, -0.15) is 0 Å². The quantitative estimate of drug-likeness (QED) is 0.770. The lowest BCUT2D eigenvalue weighted by Crippen LogP contribution is -2.07. The fourth-order valence-corrected chi connectivity index (χ4v) is 2.20. The Bertz CT molecular complexity index is 707. The topological polar surface area (TPSA) is 63.0 Å². The molecule has 2 aromatic heterocycles. The van der Waals surface area contributed by atoms with E-state index < -0.39 is 0 Å². The first-order valence-corrected chi connectivity index (χ1v) is 6.73. The highest BCUT2D eigenvalue weighted by Gasteiger charge is 2.09. The van der Waals surface area contributed by atoms with E-state index in [-0.39, 0.29) is 6.04 Å². The van der Waals surface area contributed by atoms with E-state index in [1.54, 1.807) is 24.8 Å². The Balaban J connectivity index is 1.75. The summed E-state index contributed by atoms with van der Waals surface area (Å²) >= 11 is 0. The second-order valence-electron chi connectivity index (χ2n) is 4.80. The van der Waals surface area contributed by atoms with E-state index in [2.05, 4.69) is 15.3 Å². The molecule has 2 N–H and O–H groups in total. The number of nitrogens with one attached hydrogen (secondary N) is 1. The molecule has 1 atom stereocenters. The first-order chi connectivity index (χ1) is 10.2. The maximum absolute atomic E-state index is 9.86. The Morgan fingerprint density at radius 1 is 1.19 bits per heavy atom. The Morgan fingerprint density at radius 2 is 2.05 bits per heavy atom. The van der Waals surface area contributed by atoms with Crippen LogP contribution in [-0.2, 0) is 0 Å². The van der Waals surface area contributed by atoms with Crippen LogP contribution >= 0.6 is 0 Å². The molecule has 0 saturated carbocycles. The Hall–Kier alpha value is -2.82. The fourth-order valence-electron chi connectivity index (χ4n) is 2.20. The first-order valence-electron chi connectivity index (χ1n) is 6.73. The number of aromatic hydroxyl groups is 1. The summed E-state index contributed by atoms with van der Waals surface area (Å²) in [6.07, 6.45) is 7.04. The number of nitrogens with zero attached hydrogens (tertiary/aromatic N) is 3. The molecule has 3 rings (SSSR count). The molecule has 0 aliphatic rings. The van der Waals surface area contributed by atoms with Crippen molar-refractivity contribution in [2.45, 2.75) is 13.0 Å². The van der Waals surface area contributed by atoms with E-state index in [1.807, 2.05) is 48.0 Å². The summed E-state index contributed by atoms with van der Waals surface area (Å²) in [5.41, 5.74) is 1.76. The SMILES string of the molecule is CC(Nc1ccc(-n2ccnc2)nc1)c1ccccc1O. The summed E-state index contributed by atoms with van der Waals surface area (Å²) in [4.78, 5) is 8.39. The molecule has 1 unspecified atom stereocenters. The summed E-state index contributed by atoms with van der Waals surface area (Å²) in [5, 5.41) is 13.2. The van der Waals surface area contributed by atoms with Gasteiger partial charge in [0.15, 0.2) is 0 Å². The van der Waals surface area contributed by atoms with Gasteiger partial charge < -0.3 is 10.4 Å². The molecule has 0 aliphatic heterocycles. The molecule has 21 heavy (non-hydrogen) atoms. The fraction of sp³-hybridized carbons (Fsp3) is 0.125. The number of imidazole rings is 1. The third kappa shape index (κ3) is 2.86. The molecule has 0 fully saturated rings. The van der Waals surface area contributed by atoms with E-state index in [1.165, 1.54) is 0 Å². The molecule has 0 radical (unpaired) electrons. The van der Waals surface area contributed by atoms with Gasteiger partial charge in [-0.1, -0.05) is 18.2 Å². The molecule has 5 heteroatoms. The van der Waals surface area contributed by atoms with Crippen LogP contribution in [0.4, 0.5) is 5.69 Å². The van der Waals surface area contributed by atoms with Gasteiger partial charge in [0.2, 0.25) is 0 Å². The number of rotatable bonds is 4. The van der Waals surface area contributed by atoms with Gasteiger partial charge in [0.25, 0.3) is 0 Å². The zero-order chi connectivity index (χ0) is 14.7. The van der Waals surface area contributed by atoms with Crippen molar-refractivity contribution >= 4 is 5.69 Å². The standard InChI is InChI=1S/C16H16N4O/c1-12(14-4-2-3-5-15(14)21)19-13-6-7-16(18-10-13)20-9-8-17-11-20/h2-12,19,21H,1H3. The maximum atomic E-state index is 9.86. The number of phenols is 1. The molecule has 0 bridgehead atoms. The van der Waals surface area contributed by atoms with Crippen LogP contribution in [-0.4, -0.2) is 19.6 Å². The van der Waals surface area contributed by atoms with Crippen molar-refractivity contribution in [3.05, 3.63) is 66.9 Å². The third-order valence-corrected chi connectivity index (χ3v) is 3.30. The lowest BCUT2D eigenvalue weighted by molar-refractivity contribution is 0.465. The van der Waals surface area contributed by atoms with Gasteiger partial charge in [0.1, 0.15) is 17.9 Å². The van der Waals surface area contributed by atoms with Crippen LogP contribution in [0, 0.1) is 0 Å². The largest absolute Gasteiger partial charge is 0.508 e. The predicted molar refractivity (Wildman–Crippen MR) is 81.5 cm³/mol. The number of phenolic OH excluding ortho intramolecular Hbond substituents is 1. The number of pyridine rings is 1. The number of hydrogen-bond donors (Lipinski definition) is 2. The zero-order valence-electron chi connectivity index (χ0n) is 11.6. The van der Waals surface area contributed by atoms with Gasteiger partial charge >= 0.3 is 0 Å². The van der Waals surface area contributed by atoms with Gasteiger partial charge in [-0.05, 0) is 25.1 Å². The van der Waals surface area contributed by atoms with E-state index in [0.29, 0.717) is 5.75 Å². The van der Waals surface area contributed by atoms with Gasteiger partial charge in [-0.15, -0.1) is 0 Å². The van der Waals surface area contributed by atoms with E-state index in [9.17, 15) is 5.11 Å². The Labute approximate surface area is 122 Å². The predicted octanol–water partition coefficient (Wildman–Crippen LogP) is 3.15. The van der Waals surface area contributed by atoms with Crippen molar-refractivity contribution in [1.29, 1.82) is 0 Å². The maximum Gasteiger partial charge on any atom is 0.137 e. The lowest BCUT2D eigenvalue weighted by atomic mass is 10.1. The zero-order valence-corrected chi connectivity index (χ0v) is 11.6. The number of benzene rings is 1. The molecule has 106 valence electrons. The van der Waals surface area contributed by atoms with Crippen LogP contribution < -0.4 is 5.32 Å². The van der Waals surface area contributed by atoms with Gasteiger partial charge in [0.05, 0.1) is 17.9 Å². The van der Waals surface area contributed by atoms with Crippen molar-refractivity contribution in [1.82, 2.24) is 14.5 Å². The third-order valence-electron chi connectivity index (χ3n) is 3.30. The average Bonchev–Trinajstić information content (AvgIpc) is 3.02. The normalized spacial score (nSPS) is 12.0. The Morgan fingerprint density at radius 3 is 2.71 bits per heavy atom.